The van der Waals surface area contributed by atoms with Crippen molar-refractivity contribution in [1.82, 2.24) is 14.6 Å². The molecular formula is C13H15F3N4O5S. The van der Waals surface area contributed by atoms with Crippen LogP contribution in [0.25, 0.3) is 0 Å². The number of rotatable bonds is 4. The number of anilines is 1. The Balaban J connectivity index is 2.10. The van der Waals surface area contributed by atoms with Crippen LogP contribution < -0.4 is 10.0 Å². The number of carbonyl (C=O) groups is 2. The van der Waals surface area contributed by atoms with E-state index in [0.717, 1.165) is 23.2 Å². The number of likely N-dealkylation sites (tertiary alicyclic amines) is 1. The summed E-state index contributed by atoms with van der Waals surface area (Å²) in [6.45, 7) is -1.39. The number of hydrogen-bond acceptors (Lipinski definition) is 5. The number of carboxylic acid groups (broad SMARTS) is 1. The van der Waals surface area contributed by atoms with E-state index < -0.39 is 53.1 Å². The number of carbonyl (C=O) groups excluding carboxylic acids is 1. The Labute approximate surface area is 146 Å². The predicted molar refractivity (Wildman–Crippen MR) is 81.7 cm³/mol. The molecule has 0 aromatic carbocycles. The summed E-state index contributed by atoms with van der Waals surface area (Å²) in [6.07, 6.45) is -3.79. The summed E-state index contributed by atoms with van der Waals surface area (Å²) in [4.78, 5) is 27.4. The second-order valence-corrected chi connectivity index (χ2v) is 7.40. The Morgan fingerprint density at radius 1 is 1.31 bits per heavy atom. The SMILES string of the molecule is CNS(=O)(=O)c1ccc(NC(=O)N2C[C@@H](C(F)(F)F)[C@H](C(=O)O)C2)nc1. The fourth-order valence-electron chi connectivity index (χ4n) is 2.47. The zero-order valence-electron chi connectivity index (χ0n) is 13.3. The Morgan fingerprint density at radius 2 is 1.96 bits per heavy atom. The van der Waals surface area contributed by atoms with Crippen LogP contribution in [-0.4, -0.2) is 61.7 Å². The molecular weight excluding hydrogens is 381 g/mol. The minimum absolute atomic E-state index is 0.0904. The van der Waals surface area contributed by atoms with Gasteiger partial charge in [-0.3, -0.25) is 10.1 Å². The van der Waals surface area contributed by atoms with Gasteiger partial charge in [-0.1, -0.05) is 0 Å². The maximum Gasteiger partial charge on any atom is 0.394 e. The fourth-order valence-corrected chi connectivity index (χ4v) is 3.15. The summed E-state index contributed by atoms with van der Waals surface area (Å²) in [6, 6.07) is 1.35. The second kappa shape index (κ2) is 7.07. The Kier molecular flexibility index (Phi) is 5.41. The summed E-state index contributed by atoms with van der Waals surface area (Å²) in [5.74, 6) is -5.64. The smallest absolute Gasteiger partial charge is 0.394 e. The number of aliphatic carboxylic acids is 1. The molecule has 1 aliphatic heterocycles. The van der Waals surface area contributed by atoms with Gasteiger partial charge in [0, 0.05) is 19.3 Å². The van der Waals surface area contributed by atoms with E-state index in [1.807, 2.05) is 0 Å². The molecule has 3 N–H and O–H groups in total. The molecule has 144 valence electrons. The van der Waals surface area contributed by atoms with Crippen molar-refractivity contribution in [1.29, 1.82) is 0 Å². The first-order chi connectivity index (χ1) is 12.0. The van der Waals surface area contributed by atoms with Crippen molar-refractivity contribution in [3.63, 3.8) is 0 Å². The quantitative estimate of drug-likeness (QED) is 0.688. The number of sulfonamides is 1. The summed E-state index contributed by atoms with van der Waals surface area (Å²) >= 11 is 0. The average Bonchev–Trinajstić information content (AvgIpc) is 3.01. The van der Waals surface area contributed by atoms with Crippen LogP contribution in [-0.2, 0) is 14.8 Å². The van der Waals surface area contributed by atoms with Crippen molar-refractivity contribution in [2.45, 2.75) is 11.1 Å². The zero-order valence-corrected chi connectivity index (χ0v) is 14.1. The van der Waals surface area contributed by atoms with Crippen LogP contribution in [0, 0.1) is 11.8 Å². The van der Waals surface area contributed by atoms with Crippen LogP contribution in [0.5, 0.6) is 0 Å². The standard InChI is InChI=1S/C13H15F3N4O5S/c1-17-26(24,25)7-2-3-10(18-4-7)19-12(23)20-5-8(11(21)22)9(6-20)13(14,15)16/h2-4,8-9,17H,5-6H2,1H3,(H,21,22)(H,18,19,23)/t8-,9-/m1/s1. The first kappa shape index (κ1) is 19.9. The molecule has 1 saturated heterocycles. The van der Waals surface area contributed by atoms with E-state index in [0.29, 0.717) is 0 Å². The van der Waals surface area contributed by atoms with Gasteiger partial charge in [0.2, 0.25) is 10.0 Å². The van der Waals surface area contributed by atoms with E-state index >= 15 is 0 Å². The van der Waals surface area contributed by atoms with Gasteiger partial charge in [-0.15, -0.1) is 0 Å². The Hall–Kier alpha value is -2.41. The van der Waals surface area contributed by atoms with Gasteiger partial charge in [-0.05, 0) is 19.2 Å². The predicted octanol–water partition coefficient (Wildman–Crippen LogP) is 0.716. The molecule has 2 heterocycles. The van der Waals surface area contributed by atoms with Crippen molar-refractivity contribution in [3.05, 3.63) is 18.3 Å². The number of alkyl halides is 3. The van der Waals surface area contributed by atoms with Crippen LogP contribution in [0.15, 0.2) is 23.2 Å². The highest BCUT2D eigenvalue weighted by molar-refractivity contribution is 7.89. The van der Waals surface area contributed by atoms with Crippen molar-refractivity contribution < 1.29 is 36.3 Å². The minimum atomic E-state index is -4.75. The normalized spacial score (nSPS) is 20.8. The molecule has 1 aliphatic rings. The van der Waals surface area contributed by atoms with E-state index in [1.165, 1.54) is 7.05 Å². The van der Waals surface area contributed by atoms with Gasteiger partial charge in [-0.2, -0.15) is 13.2 Å². The van der Waals surface area contributed by atoms with E-state index in [2.05, 4.69) is 15.0 Å². The number of halogens is 3. The highest BCUT2D eigenvalue weighted by Gasteiger charge is 2.53. The van der Waals surface area contributed by atoms with Crippen molar-refractivity contribution in [3.8, 4) is 0 Å². The molecule has 1 fully saturated rings. The van der Waals surface area contributed by atoms with Gasteiger partial charge in [0.1, 0.15) is 10.7 Å². The van der Waals surface area contributed by atoms with Gasteiger partial charge >= 0.3 is 18.2 Å². The third kappa shape index (κ3) is 4.22. The molecule has 0 saturated carbocycles. The van der Waals surface area contributed by atoms with Crippen molar-refractivity contribution in [2.24, 2.45) is 11.8 Å². The van der Waals surface area contributed by atoms with Gasteiger partial charge in [0.15, 0.2) is 0 Å². The first-order valence-electron chi connectivity index (χ1n) is 7.20. The molecule has 26 heavy (non-hydrogen) atoms. The molecule has 0 bridgehead atoms. The molecule has 9 nitrogen and oxygen atoms in total. The van der Waals surface area contributed by atoms with Gasteiger partial charge in [0.25, 0.3) is 0 Å². The van der Waals surface area contributed by atoms with Crippen LogP contribution >= 0.6 is 0 Å². The number of hydrogen-bond donors (Lipinski definition) is 3. The van der Waals surface area contributed by atoms with Gasteiger partial charge in [-0.25, -0.2) is 22.9 Å². The molecule has 0 unspecified atom stereocenters. The molecule has 13 heteroatoms. The topological polar surface area (TPSA) is 129 Å². The van der Waals surface area contributed by atoms with Gasteiger partial charge < -0.3 is 10.0 Å². The van der Waals surface area contributed by atoms with E-state index in [9.17, 15) is 31.2 Å². The summed E-state index contributed by atoms with van der Waals surface area (Å²) < 4.78 is 64.0. The van der Waals surface area contributed by atoms with Crippen molar-refractivity contribution >= 4 is 27.8 Å². The van der Waals surface area contributed by atoms with Crippen molar-refractivity contribution in [2.75, 3.05) is 25.5 Å². The molecule has 1 aromatic rings. The fraction of sp³-hybridized carbons (Fsp3) is 0.462. The number of carboxylic acids is 1. The number of nitrogens with zero attached hydrogens (tertiary/aromatic N) is 2. The monoisotopic (exact) mass is 396 g/mol. The minimum Gasteiger partial charge on any atom is -0.481 e. The maximum atomic E-state index is 12.9. The number of urea groups is 1. The Morgan fingerprint density at radius 3 is 2.38 bits per heavy atom. The van der Waals surface area contributed by atoms with E-state index in [-0.39, 0.29) is 10.7 Å². The maximum absolute atomic E-state index is 12.9. The third-order valence-corrected chi connectivity index (χ3v) is 5.29. The van der Waals surface area contributed by atoms with Crippen LogP contribution in [0.3, 0.4) is 0 Å². The van der Waals surface area contributed by atoms with Crippen LogP contribution in [0.1, 0.15) is 0 Å². The number of amides is 2. The summed E-state index contributed by atoms with van der Waals surface area (Å²) in [7, 11) is -2.52. The molecule has 0 spiro atoms. The highest BCUT2D eigenvalue weighted by atomic mass is 32.2. The highest BCUT2D eigenvalue weighted by Crippen LogP contribution is 2.37. The lowest BCUT2D eigenvalue weighted by molar-refractivity contribution is -0.187. The lowest BCUT2D eigenvalue weighted by Gasteiger charge is -2.18. The molecule has 0 aliphatic carbocycles. The average molecular weight is 396 g/mol. The lowest BCUT2D eigenvalue weighted by Crippen LogP contribution is -2.35. The summed E-state index contributed by atoms with van der Waals surface area (Å²) in [5.41, 5.74) is 0. The largest absolute Gasteiger partial charge is 0.481 e. The molecule has 2 amide bonds. The second-order valence-electron chi connectivity index (χ2n) is 5.51. The summed E-state index contributed by atoms with van der Waals surface area (Å²) in [5, 5.41) is 11.1. The third-order valence-electron chi connectivity index (χ3n) is 3.90. The molecule has 2 atom stereocenters. The molecule has 0 radical (unpaired) electrons. The van der Waals surface area contributed by atoms with Gasteiger partial charge in [0.05, 0.1) is 11.8 Å². The molecule has 1 aromatic heterocycles. The van der Waals surface area contributed by atoms with E-state index in [4.69, 9.17) is 5.11 Å². The van der Waals surface area contributed by atoms with Crippen LogP contribution in [0.2, 0.25) is 0 Å². The number of aromatic nitrogens is 1. The molecule has 2 rings (SSSR count). The van der Waals surface area contributed by atoms with E-state index in [1.54, 1.807) is 0 Å². The number of pyridine rings is 1. The zero-order chi connectivity index (χ0) is 19.7. The lowest BCUT2D eigenvalue weighted by atomic mass is 9.96. The first-order valence-corrected chi connectivity index (χ1v) is 8.69. The Bertz CT molecular complexity index is 797. The van der Waals surface area contributed by atoms with Crippen LogP contribution in [0.4, 0.5) is 23.8 Å². The number of nitrogens with one attached hydrogen (secondary N) is 2.